The van der Waals surface area contributed by atoms with E-state index in [1.54, 1.807) is 42.1 Å². The van der Waals surface area contributed by atoms with Gasteiger partial charge in [0.2, 0.25) is 0 Å². The minimum absolute atomic E-state index is 0.0338. The standard InChI is InChI=1S/C23H25N3O4S/c1-15-4-5-17(12-16(15)2)22-13-21(25-26(22)19-10-11-31(28,29)14-19)23(27)24-18-6-8-20(30-3)9-7-18/h4-9,12-13,19H,10-11,14H2,1-3H3,(H,24,27). The Labute approximate surface area is 182 Å². The smallest absolute Gasteiger partial charge is 0.276 e. The van der Waals surface area contributed by atoms with E-state index < -0.39 is 9.84 Å². The fourth-order valence-electron chi connectivity index (χ4n) is 3.74. The van der Waals surface area contributed by atoms with Gasteiger partial charge in [-0.05, 0) is 67.8 Å². The molecule has 1 aliphatic rings. The van der Waals surface area contributed by atoms with Crippen LogP contribution in [0, 0.1) is 13.8 Å². The van der Waals surface area contributed by atoms with Gasteiger partial charge in [0.1, 0.15) is 5.75 Å². The van der Waals surface area contributed by atoms with E-state index in [2.05, 4.69) is 10.4 Å². The number of aryl methyl sites for hydroxylation is 2. The molecule has 8 heteroatoms. The maximum Gasteiger partial charge on any atom is 0.276 e. The predicted octanol–water partition coefficient (Wildman–Crippen LogP) is 3.79. The Morgan fingerprint density at radius 2 is 1.84 bits per heavy atom. The lowest BCUT2D eigenvalue weighted by atomic mass is 10.0. The lowest BCUT2D eigenvalue weighted by Gasteiger charge is -2.14. The molecule has 3 aromatic rings. The third kappa shape index (κ3) is 4.49. The molecule has 2 heterocycles. The Hall–Kier alpha value is -3.13. The van der Waals surface area contributed by atoms with Crippen molar-refractivity contribution >= 4 is 21.4 Å². The first-order valence-corrected chi connectivity index (χ1v) is 11.9. The summed E-state index contributed by atoms with van der Waals surface area (Å²) in [5.74, 6) is 0.514. The number of ether oxygens (including phenoxy) is 1. The first kappa shape index (κ1) is 21.1. The minimum atomic E-state index is -3.10. The Balaban J connectivity index is 1.69. The third-order valence-corrected chi connectivity index (χ3v) is 7.42. The number of benzene rings is 2. The topological polar surface area (TPSA) is 90.3 Å². The van der Waals surface area contributed by atoms with Gasteiger partial charge in [-0.3, -0.25) is 9.48 Å². The molecule has 1 amide bonds. The molecule has 0 aliphatic carbocycles. The van der Waals surface area contributed by atoms with Crippen molar-refractivity contribution in [3.05, 3.63) is 65.4 Å². The monoisotopic (exact) mass is 439 g/mol. The summed E-state index contributed by atoms with van der Waals surface area (Å²) in [7, 11) is -1.52. The van der Waals surface area contributed by atoms with Gasteiger partial charge >= 0.3 is 0 Å². The molecule has 31 heavy (non-hydrogen) atoms. The van der Waals surface area contributed by atoms with Crippen molar-refractivity contribution in [1.29, 1.82) is 0 Å². The van der Waals surface area contributed by atoms with Crippen molar-refractivity contribution in [3.63, 3.8) is 0 Å². The lowest BCUT2D eigenvalue weighted by molar-refractivity contribution is 0.102. The second-order valence-electron chi connectivity index (χ2n) is 7.90. The van der Waals surface area contributed by atoms with E-state index in [4.69, 9.17) is 4.74 Å². The van der Waals surface area contributed by atoms with Crippen LogP contribution in [0.1, 0.15) is 34.1 Å². The van der Waals surface area contributed by atoms with Crippen LogP contribution in [-0.2, 0) is 9.84 Å². The zero-order valence-corrected chi connectivity index (χ0v) is 18.6. The number of carbonyl (C=O) groups excluding carboxylic acids is 1. The molecule has 0 radical (unpaired) electrons. The van der Waals surface area contributed by atoms with Gasteiger partial charge in [0, 0.05) is 11.3 Å². The summed E-state index contributed by atoms with van der Waals surface area (Å²) in [5.41, 5.74) is 4.79. The highest BCUT2D eigenvalue weighted by molar-refractivity contribution is 7.91. The molecule has 1 N–H and O–H groups in total. The van der Waals surface area contributed by atoms with E-state index in [-0.39, 0.29) is 29.1 Å². The maximum atomic E-state index is 12.9. The Kier molecular flexibility index (Phi) is 5.58. The fourth-order valence-corrected chi connectivity index (χ4v) is 5.43. The number of methoxy groups -OCH3 is 1. The molecule has 1 fully saturated rings. The molecular formula is C23H25N3O4S. The van der Waals surface area contributed by atoms with E-state index in [0.717, 1.165) is 22.4 Å². The normalized spacial score (nSPS) is 17.5. The van der Waals surface area contributed by atoms with Gasteiger partial charge in [0.15, 0.2) is 15.5 Å². The SMILES string of the molecule is COc1ccc(NC(=O)c2cc(-c3ccc(C)c(C)c3)n(C3CCS(=O)(=O)C3)n2)cc1. The number of aromatic nitrogens is 2. The number of carbonyl (C=O) groups is 1. The van der Waals surface area contributed by atoms with Crippen molar-refractivity contribution in [2.45, 2.75) is 26.3 Å². The molecule has 0 saturated carbocycles. The molecular weight excluding hydrogens is 414 g/mol. The summed E-state index contributed by atoms with van der Waals surface area (Å²) in [4.78, 5) is 12.9. The average molecular weight is 440 g/mol. The molecule has 1 aliphatic heterocycles. The summed E-state index contributed by atoms with van der Waals surface area (Å²) in [6.07, 6.45) is 0.487. The number of nitrogens with one attached hydrogen (secondary N) is 1. The third-order valence-electron chi connectivity index (χ3n) is 5.67. The van der Waals surface area contributed by atoms with Crippen molar-refractivity contribution in [2.24, 2.45) is 0 Å². The molecule has 0 spiro atoms. The fraction of sp³-hybridized carbons (Fsp3) is 0.304. The largest absolute Gasteiger partial charge is 0.497 e. The molecule has 162 valence electrons. The van der Waals surface area contributed by atoms with Crippen LogP contribution >= 0.6 is 0 Å². The van der Waals surface area contributed by atoms with Crippen LogP contribution in [0.15, 0.2) is 48.5 Å². The molecule has 1 atom stereocenters. The number of rotatable bonds is 5. The summed E-state index contributed by atoms with van der Waals surface area (Å²) >= 11 is 0. The first-order valence-electron chi connectivity index (χ1n) is 10.1. The molecule has 0 bridgehead atoms. The molecule has 2 aromatic carbocycles. The van der Waals surface area contributed by atoms with Crippen molar-refractivity contribution in [3.8, 4) is 17.0 Å². The second-order valence-corrected chi connectivity index (χ2v) is 10.1. The van der Waals surface area contributed by atoms with Gasteiger partial charge < -0.3 is 10.1 Å². The van der Waals surface area contributed by atoms with Gasteiger partial charge in [-0.1, -0.05) is 12.1 Å². The number of amides is 1. The number of hydrogen-bond acceptors (Lipinski definition) is 5. The molecule has 4 rings (SSSR count). The van der Waals surface area contributed by atoms with Gasteiger partial charge in [0.05, 0.1) is 30.4 Å². The number of sulfone groups is 1. The number of nitrogens with zero attached hydrogens (tertiary/aromatic N) is 2. The van der Waals surface area contributed by atoms with Crippen LogP contribution in [0.25, 0.3) is 11.3 Å². The van der Waals surface area contributed by atoms with Crippen LogP contribution in [0.2, 0.25) is 0 Å². The molecule has 1 unspecified atom stereocenters. The van der Waals surface area contributed by atoms with Crippen molar-refractivity contribution in [1.82, 2.24) is 9.78 Å². The molecule has 1 saturated heterocycles. The quantitative estimate of drug-likeness (QED) is 0.653. The van der Waals surface area contributed by atoms with Crippen LogP contribution < -0.4 is 10.1 Å². The van der Waals surface area contributed by atoms with Crippen LogP contribution in [0.4, 0.5) is 5.69 Å². The minimum Gasteiger partial charge on any atom is -0.497 e. The van der Waals surface area contributed by atoms with Crippen LogP contribution in [0.3, 0.4) is 0 Å². The van der Waals surface area contributed by atoms with Crippen molar-refractivity contribution < 1.29 is 17.9 Å². The Morgan fingerprint density at radius 3 is 2.45 bits per heavy atom. The van der Waals surface area contributed by atoms with Gasteiger partial charge in [-0.25, -0.2) is 8.42 Å². The molecule has 7 nitrogen and oxygen atoms in total. The lowest BCUT2D eigenvalue weighted by Crippen LogP contribution is -2.16. The second kappa shape index (κ2) is 8.19. The van der Waals surface area contributed by atoms with E-state index in [1.807, 2.05) is 32.0 Å². The summed E-state index contributed by atoms with van der Waals surface area (Å²) in [5, 5.41) is 7.37. The van der Waals surface area contributed by atoms with Crippen LogP contribution in [-0.4, -0.2) is 42.7 Å². The number of anilines is 1. The summed E-state index contributed by atoms with van der Waals surface area (Å²) < 4.78 is 31.0. The van der Waals surface area contributed by atoms with E-state index in [9.17, 15) is 13.2 Å². The van der Waals surface area contributed by atoms with Crippen molar-refractivity contribution in [2.75, 3.05) is 23.9 Å². The summed E-state index contributed by atoms with van der Waals surface area (Å²) in [6.45, 7) is 4.06. The van der Waals surface area contributed by atoms with Gasteiger partial charge in [-0.2, -0.15) is 5.10 Å². The van der Waals surface area contributed by atoms with E-state index in [1.165, 1.54) is 0 Å². The Morgan fingerprint density at radius 1 is 1.10 bits per heavy atom. The first-order chi connectivity index (χ1) is 14.8. The molecule has 1 aromatic heterocycles. The highest BCUT2D eigenvalue weighted by Crippen LogP contribution is 2.31. The highest BCUT2D eigenvalue weighted by Gasteiger charge is 2.32. The van der Waals surface area contributed by atoms with Gasteiger partial charge in [-0.15, -0.1) is 0 Å². The maximum absolute atomic E-state index is 12.9. The summed E-state index contributed by atoms with van der Waals surface area (Å²) in [6, 6.07) is 14.5. The van der Waals surface area contributed by atoms with E-state index >= 15 is 0 Å². The van der Waals surface area contributed by atoms with E-state index in [0.29, 0.717) is 17.9 Å². The number of hydrogen-bond donors (Lipinski definition) is 1. The zero-order chi connectivity index (χ0) is 22.2. The Bertz CT molecular complexity index is 1230. The van der Waals surface area contributed by atoms with Gasteiger partial charge in [0.25, 0.3) is 5.91 Å². The zero-order valence-electron chi connectivity index (χ0n) is 17.8. The average Bonchev–Trinajstić information content (AvgIpc) is 3.34. The van der Waals surface area contributed by atoms with Crippen LogP contribution in [0.5, 0.6) is 5.75 Å². The highest BCUT2D eigenvalue weighted by atomic mass is 32.2. The predicted molar refractivity (Wildman–Crippen MR) is 120 cm³/mol.